The minimum atomic E-state index is -0.0527. The number of aromatic nitrogens is 3. The zero-order chi connectivity index (χ0) is 22.6. The van der Waals surface area contributed by atoms with Crippen LogP contribution in [0.4, 0.5) is 0 Å². The molecule has 0 bridgehead atoms. The van der Waals surface area contributed by atoms with Crippen molar-refractivity contribution in [2.45, 2.75) is 50.4 Å². The lowest BCUT2D eigenvalue weighted by molar-refractivity contribution is -0.121. The fourth-order valence-corrected chi connectivity index (χ4v) is 5.48. The van der Waals surface area contributed by atoms with Gasteiger partial charge in [-0.05, 0) is 73.4 Å². The first-order valence-corrected chi connectivity index (χ1v) is 11.7. The first-order valence-electron chi connectivity index (χ1n) is 11.7. The number of rotatable bonds is 3. The Labute approximate surface area is 193 Å². The van der Waals surface area contributed by atoms with Crippen molar-refractivity contribution in [2.24, 2.45) is 0 Å². The van der Waals surface area contributed by atoms with E-state index in [2.05, 4.69) is 11.1 Å². The van der Waals surface area contributed by atoms with Gasteiger partial charge in [-0.2, -0.15) is 0 Å². The number of benzene rings is 1. The third-order valence-corrected chi connectivity index (χ3v) is 7.40. The summed E-state index contributed by atoms with van der Waals surface area (Å²) in [6.45, 7) is 2.84. The highest BCUT2D eigenvalue weighted by Gasteiger charge is 2.53. The van der Waals surface area contributed by atoms with Gasteiger partial charge in [-0.1, -0.05) is 12.1 Å². The van der Waals surface area contributed by atoms with Crippen molar-refractivity contribution in [3.05, 3.63) is 77.0 Å². The molecule has 1 aliphatic heterocycles. The van der Waals surface area contributed by atoms with Crippen molar-refractivity contribution >= 4 is 11.7 Å². The average Bonchev–Trinajstić information content (AvgIpc) is 3.55. The van der Waals surface area contributed by atoms with E-state index in [4.69, 9.17) is 9.97 Å². The van der Waals surface area contributed by atoms with Crippen LogP contribution < -0.4 is 0 Å². The normalized spacial score (nSPS) is 20.7. The molecule has 1 aromatic carbocycles. The summed E-state index contributed by atoms with van der Waals surface area (Å²) in [5.74, 6) is 0.970. The van der Waals surface area contributed by atoms with Crippen molar-refractivity contribution in [2.75, 3.05) is 13.1 Å². The van der Waals surface area contributed by atoms with Crippen LogP contribution >= 0.6 is 0 Å². The van der Waals surface area contributed by atoms with Crippen LogP contribution in [0.5, 0.6) is 0 Å². The van der Waals surface area contributed by atoms with Gasteiger partial charge in [-0.3, -0.25) is 14.6 Å². The van der Waals surface area contributed by atoms with E-state index < -0.39 is 0 Å². The maximum absolute atomic E-state index is 13.1. The van der Waals surface area contributed by atoms with E-state index in [9.17, 15) is 9.59 Å². The minimum Gasteiger partial charge on any atom is -0.331 e. The molecule has 3 aromatic rings. The Hall–Kier alpha value is -3.41. The first-order chi connectivity index (χ1) is 16.0. The van der Waals surface area contributed by atoms with Crippen molar-refractivity contribution in [1.82, 2.24) is 19.9 Å². The Morgan fingerprint density at radius 2 is 1.94 bits per heavy atom. The molecule has 0 radical (unpaired) electrons. The first kappa shape index (κ1) is 20.2. The zero-order valence-electron chi connectivity index (χ0n) is 18.8. The number of nitrogens with zero attached hydrogens (tertiary/aromatic N) is 4. The number of carbonyl (C=O) groups excluding carboxylic acids is 2. The number of Topliss-reactive ketones (excluding diaryl/α,β-unsaturated/α-hetero) is 1. The molecule has 2 aliphatic carbocycles. The number of hydrogen-bond acceptors (Lipinski definition) is 5. The van der Waals surface area contributed by atoms with Crippen molar-refractivity contribution < 1.29 is 9.59 Å². The Kier molecular flexibility index (Phi) is 4.64. The summed E-state index contributed by atoms with van der Waals surface area (Å²) in [5.41, 5.74) is 6.12. The lowest BCUT2D eigenvalue weighted by Crippen LogP contribution is -2.40. The van der Waals surface area contributed by atoms with Crippen molar-refractivity contribution in [3.63, 3.8) is 0 Å². The number of likely N-dealkylation sites (tertiary alicyclic amines) is 1. The number of hydrogen-bond donors (Lipinski definition) is 0. The molecule has 1 amide bonds. The van der Waals surface area contributed by atoms with Gasteiger partial charge in [0.1, 0.15) is 5.82 Å². The number of fused-ring (bicyclic) bond motifs is 2. The molecule has 1 spiro atoms. The van der Waals surface area contributed by atoms with Gasteiger partial charge >= 0.3 is 0 Å². The molecule has 6 nitrogen and oxygen atoms in total. The predicted molar refractivity (Wildman–Crippen MR) is 124 cm³/mol. The van der Waals surface area contributed by atoms with E-state index in [1.807, 2.05) is 49.6 Å². The number of carbonyl (C=O) groups is 2. The van der Waals surface area contributed by atoms with E-state index >= 15 is 0 Å². The van der Waals surface area contributed by atoms with E-state index in [-0.39, 0.29) is 29.6 Å². The monoisotopic (exact) mass is 438 g/mol. The third kappa shape index (κ3) is 3.54. The Morgan fingerprint density at radius 3 is 2.67 bits per heavy atom. The summed E-state index contributed by atoms with van der Waals surface area (Å²) in [5, 5.41) is 0. The number of aryl methyl sites for hydroxylation is 1. The van der Waals surface area contributed by atoms with Crippen LogP contribution in [0.15, 0.2) is 48.8 Å². The molecule has 2 fully saturated rings. The van der Waals surface area contributed by atoms with E-state index in [1.54, 1.807) is 4.90 Å². The van der Waals surface area contributed by atoms with Crippen LogP contribution in [-0.2, 0) is 10.2 Å². The molecule has 3 heterocycles. The van der Waals surface area contributed by atoms with Gasteiger partial charge in [0.15, 0.2) is 5.78 Å². The molecule has 1 saturated heterocycles. The lowest BCUT2D eigenvalue weighted by Gasteiger charge is -2.26. The molecule has 1 saturated carbocycles. The fraction of sp³-hybridized carbons (Fsp3) is 0.370. The Morgan fingerprint density at radius 1 is 1.12 bits per heavy atom. The summed E-state index contributed by atoms with van der Waals surface area (Å²) in [6, 6.07) is 12.0. The minimum absolute atomic E-state index is 0.0527. The van der Waals surface area contributed by atoms with Crippen LogP contribution in [0, 0.1) is 6.92 Å². The van der Waals surface area contributed by atoms with Gasteiger partial charge in [0.05, 0.1) is 12.2 Å². The van der Waals surface area contributed by atoms with Crippen LogP contribution in [0.1, 0.15) is 71.0 Å². The molecule has 1 atom stereocenters. The van der Waals surface area contributed by atoms with E-state index in [0.29, 0.717) is 18.5 Å². The number of amides is 1. The van der Waals surface area contributed by atoms with Crippen LogP contribution in [-0.4, -0.2) is 44.6 Å². The average molecular weight is 439 g/mol. The Bertz CT molecular complexity index is 1260. The van der Waals surface area contributed by atoms with Gasteiger partial charge in [-0.25, -0.2) is 9.97 Å². The summed E-state index contributed by atoms with van der Waals surface area (Å²) < 4.78 is 0. The van der Waals surface area contributed by atoms with E-state index in [1.165, 1.54) is 24.0 Å². The quantitative estimate of drug-likeness (QED) is 0.612. The van der Waals surface area contributed by atoms with Crippen LogP contribution in [0.25, 0.3) is 11.3 Å². The van der Waals surface area contributed by atoms with Gasteiger partial charge in [0.2, 0.25) is 0 Å². The number of ketones is 1. The largest absolute Gasteiger partial charge is 0.331 e. The fourth-order valence-electron chi connectivity index (χ4n) is 5.48. The van der Waals surface area contributed by atoms with Crippen molar-refractivity contribution in [3.8, 4) is 11.3 Å². The highest BCUT2D eigenvalue weighted by Crippen LogP contribution is 2.61. The molecule has 6 rings (SSSR count). The molecule has 33 heavy (non-hydrogen) atoms. The topological polar surface area (TPSA) is 76.1 Å². The number of piperidine rings is 1. The molecule has 6 heteroatoms. The SMILES string of the molecule is Cc1cccc(-c2cnc(C3CC4(CC4)c4ccc(C(=O)N5CCCC(=O)C5)cc43)nc2)n1. The highest BCUT2D eigenvalue weighted by molar-refractivity contribution is 5.97. The molecule has 1 unspecified atom stereocenters. The molecule has 2 aromatic heterocycles. The summed E-state index contributed by atoms with van der Waals surface area (Å²) >= 11 is 0. The van der Waals surface area contributed by atoms with Gasteiger partial charge in [0, 0.05) is 48.1 Å². The van der Waals surface area contributed by atoms with Crippen LogP contribution in [0.3, 0.4) is 0 Å². The maximum Gasteiger partial charge on any atom is 0.254 e. The van der Waals surface area contributed by atoms with Gasteiger partial charge in [-0.15, -0.1) is 0 Å². The molecule has 3 aliphatic rings. The number of pyridine rings is 1. The van der Waals surface area contributed by atoms with Gasteiger partial charge in [0.25, 0.3) is 5.91 Å². The summed E-state index contributed by atoms with van der Waals surface area (Å²) in [4.78, 5) is 40.7. The standard InChI is InChI=1S/C27H26N4O2/c1-17-4-2-6-24(30-17)19-14-28-25(29-15-19)22-13-27(9-10-27)23-8-7-18(12-21(22)23)26(33)31-11-3-5-20(32)16-31/h2,4,6-8,12,14-15,22H,3,5,9-11,13,16H2,1H3. The van der Waals surface area contributed by atoms with Crippen molar-refractivity contribution in [1.29, 1.82) is 0 Å². The zero-order valence-corrected chi connectivity index (χ0v) is 18.8. The van der Waals surface area contributed by atoms with Crippen LogP contribution in [0.2, 0.25) is 0 Å². The second-order valence-corrected chi connectivity index (χ2v) is 9.70. The third-order valence-electron chi connectivity index (χ3n) is 7.40. The van der Waals surface area contributed by atoms with Gasteiger partial charge < -0.3 is 4.90 Å². The summed E-state index contributed by atoms with van der Waals surface area (Å²) in [7, 11) is 0. The second-order valence-electron chi connectivity index (χ2n) is 9.70. The molecule has 0 N–H and O–H groups in total. The highest BCUT2D eigenvalue weighted by atomic mass is 16.2. The molecular weight excluding hydrogens is 412 g/mol. The lowest BCUT2D eigenvalue weighted by atomic mass is 9.96. The molecular formula is C27H26N4O2. The van der Waals surface area contributed by atoms with E-state index in [0.717, 1.165) is 35.6 Å². The predicted octanol–water partition coefficient (Wildman–Crippen LogP) is 4.22. The molecule has 166 valence electrons. The maximum atomic E-state index is 13.1. The Balaban J connectivity index is 1.32. The summed E-state index contributed by atoms with van der Waals surface area (Å²) in [6.07, 6.45) is 8.38. The smallest absolute Gasteiger partial charge is 0.254 e. The second kappa shape index (κ2) is 7.58.